The van der Waals surface area contributed by atoms with Crippen molar-refractivity contribution >= 4 is 5.97 Å². The Bertz CT molecular complexity index is 935. The third-order valence-electron chi connectivity index (χ3n) is 4.47. The van der Waals surface area contributed by atoms with Gasteiger partial charge in [-0.25, -0.2) is 0 Å². The Balaban J connectivity index is 1.41. The lowest BCUT2D eigenvalue weighted by Crippen LogP contribution is -2.15. The average molecular weight is 365 g/mol. The Hall–Kier alpha value is -3.28. The van der Waals surface area contributed by atoms with Gasteiger partial charge in [-0.05, 0) is 30.2 Å². The number of hydrogen-bond donors (Lipinski definition) is 0. The van der Waals surface area contributed by atoms with Crippen LogP contribution in [0.1, 0.15) is 30.5 Å². The van der Waals surface area contributed by atoms with Crippen molar-refractivity contribution in [2.75, 3.05) is 6.79 Å². The number of esters is 1. The molecule has 0 saturated heterocycles. The Morgan fingerprint density at radius 3 is 2.74 bits per heavy atom. The maximum Gasteiger partial charge on any atom is 0.313 e. The number of rotatable bonds is 6. The van der Waals surface area contributed by atoms with Crippen LogP contribution in [0.4, 0.5) is 0 Å². The third-order valence-corrected chi connectivity index (χ3v) is 4.47. The monoisotopic (exact) mass is 365 g/mol. The summed E-state index contributed by atoms with van der Waals surface area (Å²) in [6, 6.07) is 16.9. The van der Waals surface area contributed by atoms with Gasteiger partial charge in [-0.3, -0.25) is 4.79 Å². The van der Waals surface area contributed by atoms with Gasteiger partial charge in [0.1, 0.15) is 12.3 Å². The fourth-order valence-electron chi connectivity index (χ4n) is 3.04. The average Bonchev–Trinajstić information content (AvgIpc) is 3.36. The Morgan fingerprint density at radius 1 is 1.11 bits per heavy atom. The van der Waals surface area contributed by atoms with E-state index in [0.717, 1.165) is 11.1 Å². The largest absolute Gasteiger partial charge is 0.459 e. The molecule has 138 valence electrons. The van der Waals surface area contributed by atoms with Crippen LogP contribution in [-0.2, 0) is 16.1 Å². The van der Waals surface area contributed by atoms with Crippen molar-refractivity contribution in [3.8, 4) is 22.8 Å². The van der Waals surface area contributed by atoms with E-state index in [-0.39, 0.29) is 25.3 Å². The van der Waals surface area contributed by atoms with Crippen molar-refractivity contribution in [1.82, 2.24) is 5.16 Å². The molecule has 2 heterocycles. The summed E-state index contributed by atoms with van der Waals surface area (Å²) in [5, 5.41) is 3.99. The second-order valence-corrected chi connectivity index (χ2v) is 6.23. The van der Waals surface area contributed by atoms with Crippen LogP contribution in [0.5, 0.6) is 11.5 Å². The van der Waals surface area contributed by atoms with E-state index in [4.69, 9.17) is 18.7 Å². The van der Waals surface area contributed by atoms with Crippen LogP contribution in [0, 0.1) is 0 Å². The highest BCUT2D eigenvalue weighted by atomic mass is 16.7. The number of nitrogens with zero attached hydrogens (tertiary/aromatic N) is 1. The molecule has 1 aromatic heterocycles. The van der Waals surface area contributed by atoms with Gasteiger partial charge >= 0.3 is 5.97 Å². The molecule has 0 bridgehead atoms. The molecule has 1 atom stereocenters. The first-order valence-corrected chi connectivity index (χ1v) is 8.82. The molecule has 0 aliphatic carbocycles. The molecule has 0 amide bonds. The molecular weight excluding hydrogens is 346 g/mol. The van der Waals surface area contributed by atoms with Crippen LogP contribution in [-0.4, -0.2) is 17.9 Å². The molecule has 6 heteroatoms. The molecule has 0 spiro atoms. The van der Waals surface area contributed by atoms with Gasteiger partial charge < -0.3 is 18.7 Å². The lowest BCUT2D eigenvalue weighted by atomic mass is 9.97. The minimum atomic E-state index is -0.286. The van der Waals surface area contributed by atoms with Crippen LogP contribution < -0.4 is 9.47 Å². The normalized spacial score (nSPS) is 13.4. The second kappa shape index (κ2) is 7.53. The standard InChI is InChI=1S/C21H19NO5/c1-2-17(14-6-4-3-5-7-14)21(23)24-12-16-11-19(27-22-16)15-8-9-18-20(10-15)26-13-25-18/h3-11,17H,2,12-13H2,1H3. The van der Waals surface area contributed by atoms with Gasteiger partial charge in [-0.15, -0.1) is 0 Å². The molecule has 27 heavy (non-hydrogen) atoms. The summed E-state index contributed by atoms with van der Waals surface area (Å²) in [5.41, 5.74) is 2.32. The summed E-state index contributed by atoms with van der Waals surface area (Å²) < 4.78 is 21.5. The van der Waals surface area contributed by atoms with Crippen molar-refractivity contribution in [3.63, 3.8) is 0 Å². The Kier molecular flexibility index (Phi) is 4.78. The van der Waals surface area contributed by atoms with Crippen LogP contribution in [0.2, 0.25) is 0 Å². The molecule has 1 aliphatic heterocycles. The quantitative estimate of drug-likeness (QED) is 0.606. The topological polar surface area (TPSA) is 70.8 Å². The van der Waals surface area contributed by atoms with E-state index in [1.807, 2.05) is 55.5 Å². The van der Waals surface area contributed by atoms with Gasteiger partial charge in [0.05, 0.1) is 5.92 Å². The number of hydrogen-bond acceptors (Lipinski definition) is 6. The van der Waals surface area contributed by atoms with Gasteiger partial charge in [-0.2, -0.15) is 0 Å². The van der Waals surface area contributed by atoms with Crippen LogP contribution in [0.15, 0.2) is 59.1 Å². The van der Waals surface area contributed by atoms with E-state index in [1.165, 1.54) is 0 Å². The maximum absolute atomic E-state index is 12.4. The summed E-state index contributed by atoms with van der Waals surface area (Å²) in [6.45, 7) is 2.25. The minimum absolute atomic E-state index is 0.0657. The van der Waals surface area contributed by atoms with Crippen LogP contribution >= 0.6 is 0 Å². The summed E-state index contributed by atoms with van der Waals surface area (Å²) in [5.74, 6) is 1.40. The fourth-order valence-corrected chi connectivity index (χ4v) is 3.04. The zero-order valence-electron chi connectivity index (χ0n) is 14.9. The van der Waals surface area contributed by atoms with Crippen molar-refractivity contribution in [1.29, 1.82) is 0 Å². The van der Waals surface area contributed by atoms with Crippen molar-refractivity contribution in [3.05, 3.63) is 65.9 Å². The minimum Gasteiger partial charge on any atom is -0.459 e. The summed E-state index contributed by atoms with van der Waals surface area (Å²) in [6.07, 6.45) is 0.671. The van der Waals surface area contributed by atoms with Crippen LogP contribution in [0.25, 0.3) is 11.3 Å². The number of carbonyl (C=O) groups is 1. The molecule has 3 aromatic rings. The smallest absolute Gasteiger partial charge is 0.313 e. The first kappa shape index (κ1) is 17.1. The van der Waals surface area contributed by atoms with Gasteiger partial charge in [0, 0.05) is 11.6 Å². The highest BCUT2D eigenvalue weighted by molar-refractivity contribution is 5.78. The molecule has 4 rings (SSSR count). The predicted molar refractivity (Wildman–Crippen MR) is 97.3 cm³/mol. The molecule has 2 aromatic carbocycles. The van der Waals surface area contributed by atoms with Gasteiger partial charge in [0.25, 0.3) is 0 Å². The van der Waals surface area contributed by atoms with Crippen LogP contribution in [0.3, 0.4) is 0 Å². The van der Waals surface area contributed by atoms with E-state index in [0.29, 0.717) is 29.4 Å². The molecule has 0 saturated carbocycles. The van der Waals surface area contributed by atoms with Gasteiger partial charge in [-0.1, -0.05) is 42.4 Å². The highest BCUT2D eigenvalue weighted by Gasteiger charge is 2.21. The van der Waals surface area contributed by atoms with Gasteiger partial charge in [0.2, 0.25) is 6.79 Å². The van der Waals surface area contributed by atoms with E-state index < -0.39 is 0 Å². The van der Waals surface area contributed by atoms with E-state index in [9.17, 15) is 4.79 Å². The van der Waals surface area contributed by atoms with E-state index >= 15 is 0 Å². The van der Waals surface area contributed by atoms with Crippen molar-refractivity contribution < 1.29 is 23.5 Å². The third kappa shape index (κ3) is 3.65. The molecule has 0 radical (unpaired) electrons. The summed E-state index contributed by atoms with van der Waals surface area (Å²) in [7, 11) is 0. The Morgan fingerprint density at radius 2 is 1.93 bits per heavy atom. The maximum atomic E-state index is 12.4. The van der Waals surface area contributed by atoms with E-state index in [2.05, 4.69) is 5.16 Å². The van der Waals surface area contributed by atoms with E-state index in [1.54, 1.807) is 6.07 Å². The Labute approximate surface area is 156 Å². The molecule has 0 fully saturated rings. The molecular formula is C21H19NO5. The first-order valence-electron chi connectivity index (χ1n) is 8.82. The number of fused-ring (bicyclic) bond motifs is 1. The fraction of sp³-hybridized carbons (Fsp3) is 0.238. The zero-order valence-corrected chi connectivity index (χ0v) is 14.9. The zero-order chi connectivity index (χ0) is 18.6. The predicted octanol–water partition coefficient (Wildman–Crippen LogP) is 4.31. The second-order valence-electron chi connectivity index (χ2n) is 6.23. The number of benzene rings is 2. The lowest BCUT2D eigenvalue weighted by molar-refractivity contribution is -0.147. The van der Waals surface area contributed by atoms with Gasteiger partial charge in [0.15, 0.2) is 17.3 Å². The molecule has 6 nitrogen and oxygen atoms in total. The lowest BCUT2D eigenvalue weighted by Gasteiger charge is -2.13. The number of aromatic nitrogens is 1. The first-order chi connectivity index (χ1) is 13.2. The van der Waals surface area contributed by atoms with Crippen molar-refractivity contribution in [2.24, 2.45) is 0 Å². The van der Waals surface area contributed by atoms with Crippen molar-refractivity contribution in [2.45, 2.75) is 25.9 Å². The molecule has 0 N–H and O–H groups in total. The molecule has 1 unspecified atom stereocenters. The number of ether oxygens (including phenoxy) is 3. The molecule has 1 aliphatic rings. The SMILES string of the molecule is CCC(C(=O)OCc1cc(-c2ccc3c(c2)OCO3)on1)c1ccccc1. The summed E-state index contributed by atoms with van der Waals surface area (Å²) >= 11 is 0. The number of carbonyl (C=O) groups excluding carboxylic acids is 1. The highest BCUT2D eigenvalue weighted by Crippen LogP contribution is 2.36. The summed E-state index contributed by atoms with van der Waals surface area (Å²) in [4.78, 5) is 12.4.